The number of benzene rings is 2. The first kappa shape index (κ1) is 22.9. The molecule has 0 spiro atoms. The summed E-state index contributed by atoms with van der Waals surface area (Å²) in [5.41, 5.74) is 3.75. The summed E-state index contributed by atoms with van der Waals surface area (Å²) < 4.78 is 5.09. The number of hydrogen-bond donors (Lipinski definition) is 1. The molecule has 2 aromatic rings. The summed E-state index contributed by atoms with van der Waals surface area (Å²) in [5, 5.41) is 2.68. The number of thioether (sulfide) groups is 1. The molecule has 0 saturated heterocycles. The van der Waals surface area contributed by atoms with E-state index in [1.165, 1.54) is 29.3 Å². The molecule has 0 fully saturated rings. The zero-order chi connectivity index (χ0) is 22.2. The molecule has 1 aliphatic rings. The van der Waals surface area contributed by atoms with E-state index in [0.29, 0.717) is 24.3 Å². The Labute approximate surface area is 187 Å². The Morgan fingerprint density at radius 1 is 1.03 bits per heavy atom. The molecule has 31 heavy (non-hydrogen) atoms. The Morgan fingerprint density at radius 3 is 2.58 bits per heavy atom. The maximum absolute atomic E-state index is 12.5. The Bertz CT molecular complexity index is 956. The Kier molecular flexibility index (Phi) is 8.12. The highest BCUT2D eigenvalue weighted by Crippen LogP contribution is 2.27. The lowest BCUT2D eigenvalue weighted by molar-refractivity contribution is -0.144. The van der Waals surface area contributed by atoms with Crippen LogP contribution in [0, 0.1) is 0 Å². The van der Waals surface area contributed by atoms with Gasteiger partial charge in [0, 0.05) is 29.2 Å². The number of anilines is 1. The van der Waals surface area contributed by atoms with Crippen molar-refractivity contribution in [3.8, 4) is 0 Å². The molecular formula is C24H28N2O4S. The molecule has 7 heteroatoms. The third kappa shape index (κ3) is 6.34. The van der Waals surface area contributed by atoms with Crippen LogP contribution in [0.3, 0.4) is 0 Å². The SMILES string of the molecule is CCN(CC)C(=O)c1cccc(NC(=O)COC(=O)CSc2ccc3c(c2)CCC3)c1. The second-order valence-corrected chi connectivity index (χ2v) is 8.39. The van der Waals surface area contributed by atoms with Gasteiger partial charge in [-0.3, -0.25) is 14.4 Å². The second kappa shape index (κ2) is 11.0. The Balaban J connectivity index is 1.45. The number of nitrogens with zero attached hydrogens (tertiary/aromatic N) is 1. The molecular weight excluding hydrogens is 412 g/mol. The highest BCUT2D eigenvalue weighted by molar-refractivity contribution is 8.00. The van der Waals surface area contributed by atoms with E-state index in [1.807, 2.05) is 19.9 Å². The number of nitrogens with one attached hydrogen (secondary N) is 1. The van der Waals surface area contributed by atoms with E-state index in [-0.39, 0.29) is 18.3 Å². The number of esters is 1. The number of aryl methyl sites for hydroxylation is 2. The Morgan fingerprint density at radius 2 is 1.81 bits per heavy atom. The van der Waals surface area contributed by atoms with Crippen LogP contribution in [-0.2, 0) is 27.2 Å². The van der Waals surface area contributed by atoms with Crippen molar-refractivity contribution in [2.24, 2.45) is 0 Å². The summed E-state index contributed by atoms with van der Waals surface area (Å²) in [4.78, 5) is 39.4. The number of hydrogen-bond acceptors (Lipinski definition) is 5. The number of amides is 2. The van der Waals surface area contributed by atoms with Gasteiger partial charge in [0.05, 0.1) is 5.75 Å². The smallest absolute Gasteiger partial charge is 0.316 e. The summed E-state index contributed by atoms with van der Waals surface area (Å²) in [6.07, 6.45) is 3.41. The molecule has 0 aromatic heterocycles. The molecule has 0 unspecified atom stereocenters. The number of ether oxygens (including phenoxy) is 1. The number of carbonyl (C=O) groups is 3. The van der Waals surface area contributed by atoms with Gasteiger partial charge in [0.15, 0.2) is 6.61 Å². The van der Waals surface area contributed by atoms with E-state index < -0.39 is 11.9 Å². The molecule has 164 valence electrons. The summed E-state index contributed by atoms with van der Waals surface area (Å²) in [6.45, 7) is 4.71. The maximum atomic E-state index is 12.5. The zero-order valence-corrected chi connectivity index (χ0v) is 18.8. The third-order valence-corrected chi connectivity index (χ3v) is 6.20. The lowest BCUT2D eigenvalue weighted by atomic mass is 10.1. The van der Waals surface area contributed by atoms with Crippen LogP contribution in [0.5, 0.6) is 0 Å². The average molecular weight is 441 g/mol. The van der Waals surface area contributed by atoms with Gasteiger partial charge < -0.3 is 15.0 Å². The predicted octanol–water partition coefficient (Wildman–Crippen LogP) is 3.93. The van der Waals surface area contributed by atoms with Gasteiger partial charge in [0.2, 0.25) is 0 Å². The van der Waals surface area contributed by atoms with Crippen LogP contribution in [0.15, 0.2) is 47.4 Å². The fourth-order valence-corrected chi connectivity index (χ4v) is 4.35. The lowest BCUT2D eigenvalue weighted by Crippen LogP contribution is -2.30. The van der Waals surface area contributed by atoms with Gasteiger partial charge in [-0.2, -0.15) is 0 Å². The number of fused-ring (bicyclic) bond motifs is 1. The quantitative estimate of drug-likeness (QED) is 0.472. The number of carbonyl (C=O) groups excluding carboxylic acids is 3. The number of rotatable bonds is 9. The lowest BCUT2D eigenvalue weighted by Gasteiger charge is -2.19. The van der Waals surface area contributed by atoms with Gasteiger partial charge >= 0.3 is 5.97 Å². The van der Waals surface area contributed by atoms with Crippen molar-refractivity contribution in [2.45, 2.75) is 38.0 Å². The van der Waals surface area contributed by atoms with E-state index >= 15 is 0 Å². The topological polar surface area (TPSA) is 75.7 Å². The van der Waals surface area contributed by atoms with Crippen LogP contribution < -0.4 is 5.32 Å². The molecule has 2 aromatic carbocycles. The normalized spacial score (nSPS) is 12.2. The fraction of sp³-hybridized carbons (Fsp3) is 0.375. The predicted molar refractivity (Wildman–Crippen MR) is 122 cm³/mol. The maximum Gasteiger partial charge on any atom is 0.316 e. The molecule has 0 heterocycles. The minimum Gasteiger partial charge on any atom is -0.455 e. The average Bonchev–Trinajstić information content (AvgIpc) is 3.25. The monoisotopic (exact) mass is 440 g/mol. The van der Waals surface area contributed by atoms with Crippen molar-refractivity contribution >= 4 is 35.2 Å². The molecule has 3 rings (SSSR count). The third-order valence-electron chi connectivity index (χ3n) is 5.23. The molecule has 1 N–H and O–H groups in total. The van der Waals surface area contributed by atoms with Crippen LogP contribution in [0.4, 0.5) is 5.69 Å². The molecule has 0 atom stereocenters. The van der Waals surface area contributed by atoms with E-state index in [4.69, 9.17) is 4.74 Å². The van der Waals surface area contributed by atoms with E-state index in [0.717, 1.165) is 17.7 Å². The zero-order valence-electron chi connectivity index (χ0n) is 18.0. The highest BCUT2D eigenvalue weighted by atomic mass is 32.2. The van der Waals surface area contributed by atoms with Gasteiger partial charge in [-0.05, 0) is 74.6 Å². The molecule has 0 radical (unpaired) electrons. The summed E-state index contributed by atoms with van der Waals surface area (Å²) in [7, 11) is 0. The van der Waals surface area contributed by atoms with Crippen molar-refractivity contribution in [3.05, 3.63) is 59.2 Å². The van der Waals surface area contributed by atoms with Crippen LogP contribution in [0.2, 0.25) is 0 Å². The van der Waals surface area contributed by atoms with Gasteiger partial charge in [-0.1, -0.05) is 12.1 Å². The molecule has 2 amide bonds. The highest BCUT2D eigenvalue weighted by Gasteiger charge is 2.15. The van der Waals surface area contributed by atoms with Crippen molar-refractivity contribution in [3.63, 3.8) is 0 Å². The van der Waals surface area contributed by atoms with E-state index in [9.17, 15) is 14.4 Å². The Hall–Kier alpha value is -2.80. The van der Waals surface area contributed by atoms with Crippen molar-refractivity contribution in [2.75, 3.05) is 30.8 Å². The van der Waals surface area contributed by atoms with Crippen LogP contribution in [-0.4, -0.2) is 48.1 Å². The van der Waals surface area contributed by atoms with Gasteiger partial charge in [0.1, 0.15) is 0 Å². The minimum absolute atomic E-state index is 0.0869. The van der Waals surface area contributed by atoms with Crippen molar-refractivity contribution in [1.29, 1.82) is 0 Å². The van der Waals surface area contributed by atoms with Gasteiger partial charge in [-0.15, -0.1) is 11.8 Å². The first-order chi connectivity index (χ1) is 15.0. The van der Waals surface area contributed by atoms with Gasteiger partial charge in [0.25, 0.3) is 11.8 Å². The molecule has 0 bridgehead atoms. The standard InChI is InChI=1S/C24H28N2O4S/c1-3-26(4-2)24(29)19-9-6-10-20(13-19)25-22(27)15-30-23(28)16-31-21-12-11-17-7-5-8-18(17)14-21/h6,9-14H,3-5,7-8,15-16H2,1-2H3,(H,25,27). The van der Waals surface area contributed by atoms with Crippen LogP contribution in [0.1, 0.15) is 41.8 Å². The summed E-state index contributed by atoms with van der Waals surface area (Å²) in [5.74, 6) is -0.814. The van der Waals surface area contributed by atoms with E-state index in [2.05, 4.69) is 17.4 Å². The summed E-state index contributed by atoms with van der Waals surface area (Å²) >= 11 is 1.41. The van der Waals surface area contributed by atoms with Crippen molar-refractivity contribution < 1.29 is 19.1 Å². The first-order valence-corrected chi connectivity index (χ1v) is 11.6. The van der Waals surface area contributed by atoms with Gasteiger partial charge in [-0.25, -0.2) is 0 Å². The molecule has 0 saturated carbocycles. The fourth-order valence-electron chi connectivity index (χ4n) is 3.59. The minimum atomic E-state index is -0.441. The van der Waals surface area contributed by atoms with Crippen LogP contribution >= 0.6 is 11.8 Å². The largest absolute Gasteiger partial charge is 0.455 e. The van der Waals surface area contributed by atoms with Crippen molar-refractivity contribution in [1.82, 2.24) is 4.90 Å². The van der Waals surface area contributed by atoms with E-state index in [1.54, 1.807) is 29.2 Å². The molecule has 1 aliphatic carbocycles. The first-order valence-electron chi connectivity index (χ1n) is 10.6. The van der Waals surface area contributed by atoms with Crippen LogP contribution in [0.25, 0.3) is 0 Å². The second-order valence-electron chi connectivity index (χ2n) is 7.34. The molecule has 6 nitrogen and oxygen atoms in total. The molecule has 0 aliphatic heterocycles. The summed E-state index contributed by atoms with van der Waals surface area (Å²) in [6, 6.07) is 13.0.